The molecular weight excluding hydrogens is 543 g/mol. The van der Waals surface area contributed by atoms with E-state index in [4.69, 9.17) is 19.4 Å². The number of phosphoric acid groups is 3. The normalized spacial score (nSPS) is 26.5. The van der Waals surface area contributed by atoms with Gasteiger partial charge in [0.2, 0.25) is 5.78 Å². The average molecular weight is 563 g/mol. The Morgan fingerprint density at radius 2 is 1.69 bits per heavy atom. The van der Waals surface area contributed by atoms with Gasteiger partial charge in [0.25, 0.3) is 11.1 Å². The molecule has 21 heteroatoms. The molecule has 0 spiro atoms. The lowest BCUT2D eigenvalue weighted by Gasteiger charge is -2.19. The summed E-state index contributed by atoms with van der Waals surface area (Å²) in [7, 11) is -16.9. The summed E-state index contributed by atoms with van der Waals surface area (Å²) >= 11 is 0. The van der Waals surface area contributed by atoms with Gasteiger partial charge >= 0.3 is 23.5 Å². The fourth-order valence-electron chi connectivity index (χ4n) is 3.16. The van der Waals surface area contributed by atoms with Crippen LogP contribution in [-0.2, 0) is 31.6 Å². The van der Waals surface area contributed by atoms with Crippen LogP contribution in [0.1, 0.15) is 22.9 Å². The SMILES string of the molecule is Cc1c(C)n2cc([C@@H]3O[C@H](COP(=O)(O)OP(=O)(O)OP(=O)(O)O)C(O)[C@@H]3O)c(=O)nc2[nH]c1=O. The number of ether oxygens (including phenoxy) is 1. The van der Waals surface area contributed by atoms with Crippen LogP contribution in [0.25, 0.3) is 5.78 Å². The molecule has 18 nitrogen and oxygen atoms in total. The highest BCUT2D eigenvalue weighted by molar-refractivity contribution is 7.66. The third-order valence-corrected chi connectivity index (χ3v) is 8.71. The van der Waals surface area contributed by atoms with Gasteiger partial charge in [-0.25, -0.2) is 13.7 Å². The van der Waals surface area contributed by atoms with Crippen molar-refractivity contribution in [3.8, 4) is 0 Å². The fraction of sp³-hybridized carbons (Fsp3) is 0.500. The van der Waals surface area contributed by atoms with Crippen molar-refractivity contribution in [3.63, 3.8) is 0 Å². The Kier molecular flexibility index (Phi) is 7.74. The van der Waals surface area contributed by atoms with E-state index in [9.17, 15) is 38.4 Å². The quantitative estimate of drug-likeness (QED) is 0.180. The molecule has 2 aromatic rings. The minimum Gasteiger partial charge on any atom is -0.387 e. The number of hydrogen-bond donors (Lipinski definition) is 7. The van der Waals surface area contributed by atoms with Gasteiger partial charge in [-0.15, -0.1) is 0 Å². The molecule has 1 saturated heterocycles. The van der Waals surface area contributed by atoms with Gasteiger partial charge in [0, 0.05) is 17.5 Å². The highest BCUT2D eigenvalue weighted by Gasteiger charge is 2.47. The van der Waals surface area contributed by atoms with Crippen LogP contribution in [0.2, 0.25) is 0 Å². The second-order valence-corrected chi connectivity index (χ2v) is 11.7. The zero-order chi connectivity index (χ0) is 26.5. The van der Waals surface area contributed by atoms with Gasteiger partial charge < -0.3 is 34.5 Å². The van der Waals surface area contributed by atoms with Gasteiger partial charge in [-0.05, 0) is 13.8 Å². The maximum atomic E-state index is 12.5. The third kappa shape index (κ3) is 6.39. The molecule has 3 heterocycles. The third-order valence-electron chi connectivity index (χ3n) is 4.91. The highest BCUT2D eigenvalue weighted by atomic mass is 31.3. The molecule has 35 heavy (non-hydrogen) atoms. The maximum Gasteiger partial charge on any atom is 0.490 e. The Balaban J connectivity index is 1.80. The number of phosphoric ester groups is 1. The zero-order valence-corrected chi connectivity index (χ0v) is 20.4. The minimum absolute atomic E-state index is 0.0934. The van der Waals surface area contributed by atoms with Gasteiger partial charge in [-0.3, -0.25) is 23.5 Å². The molecule has 3 rings (SSSR count). The number of aromatic amines is 1. The van der Waals surface area contributed by atoms with E-state index >= 15 is 0 Å². The van der Waals surface area contributed by atoms with Crippen molar-refractivity contribution >= 4 is 29.2 Å². The van der Waals surface area contributed by atoms with Gasteiger partial charge in [-0.2, -0.15) is 13.6 Å². The highest BCUT2D eigenvalue weighted by Crippen LogP contribution is 2.66. The molecule has 0 saturated carbocycles. The molecule has 2 aromatic heterocycles. The van der Waals surface area contributed by atoms with E-state index < -0.39 is 65.6 Å². The largest absolute Gasteiger partial charge is 0.490 e. The Morgan fingerprint density at radius 3 is 2.29 bits per heavy atom. The predicted octanol–water partition coefficient (Wildman–Crippen LogP) is -1.50. The molecule has 0 bridgehead atoms. The van der Waals surface area contributed by atoms with E-state index in [0.29, 0.717) is 11.3 Å². The van der Waals surface area contributed by atoms with Gasteiger partial charge in [0.05, 0.1) is 12.2 Å². The number of aliphatic hydroxyl groups is 2. The van der Waals surface area contributed by atoms with Crippen LogP contribution in [0.3, 0.4) is 0 Å². The Bertz CT molecular complexity index is 1400. The van der Waals surface area contributed by atoms with Crippen molar-refractivity contribution in [1.29, 1.82) is 0 Å². The molecule has 1 aliphatic rings. The van der Waals surface area contributed by atoms with E-state index in [-0.39, 0.29) is 11.3 Å². The van der Waals surface area contributed by atoms with E-state index in [0.717, 1.165) is 0 Å². The van der Waals surface area contributed by atoms with Gasteiger partial charge in [0.15, 0.2) is 0 Å². The predicted molar refractivity (Wildman–Crippen MR) is 111 cm³/mol. The molecule has 0 aliphatic carbocycles. The van der Waals surface area contributed by atoms with Crippen molar-refractivity contribution < 1.29 is 61.4 Å². The number of aliphatic hydroxyl groups excluding tert-OH is 2. The second-order valence-electron chi connectivity index (χ2n) is 7.32. The number of aromatic nitrogens is 3. The summed E-state index contributed by atoms with van der Waals surface area (Å²) in [4.78, 5) is 66.3. The average Bonchev–Trinajstić information content (AvgIpc) is 2.96. The number of nitrogens with one attached hydrogen (secondary N) is 1. The van der Waals surface area contributed by atoms with Crippen LogP contribution >= 0.6 is 23.5 Å². The molecule has 1 fully saturated rings. The summed E-state index contributed by atoms with van der Waals surface area (Å²) in [5.74, 6) is -0.0934. The Morgan fingerprint density at radius 1 is 1.06 bits per heavy atom. The van der Waals surface area contributed by atoms with Crippen LogP contribution in [0, 0.1) is 13.8 Å². The van der Waals surface area contributed by atoms with Crippen LogP contribution in [-0.4, -0.2) is 69.1 Å². The van der Waals surface area contributed by atoms with Crippen molar-refractivity contribution in [2.45, 2.75) is 38.3 Å². The molecule has 0 radical (unpaired) electrons. The van der Waals surface area contributed by atoms with E-state index in [1.807, 2.05) is 0 Å². The summed E-state index contributed by atoms with van der Waals surface area (Å²) < 4.78 is 52.2. The van der Waals surface area contributed by atoms with Crippen molar-refractivity contribution in [1.82, 2.24) is 14.4 Å². The van der Waals surface area contributed by atoms with Gasteiger partial charge in [0.1, 0.15) is 24.4 Å². The molecule has 0 aromatic carbocycles. The molecule has 196 valence electrons. The van der Waals surface area contributed by atoms with E-state index in [1.165, 1.54) is 17.5 Å². The second kappa shape index (κ2) is 9.68. The Hall–Kier alpha value is -1.62. The summed E-state index contributed by atoms with van der Waals surface area (Å²) in [6.07, 6.45) is -5.44. The standard InChI is InChI=1S/C14H20N3O15P3/c1-5-6(2)17-3-7(13(21)16-14(17)15-12(5)20)11-10(19)9(18)8(30-11)4-29-34(25,26)32-35(27,28)31-33(22,23)24/h3,8-11,18-19H,4H2,1-2H3,(H,25,26)(H,27,28)(H2,22,23,24)(H,15,16,20,21)/t8-,9?,10+,11+/m1/s1. The molecule has 6 atom stereocenters. The first kappa shape index (κ1) is 28.0. The number of H-pyrrole nitrogens is 1. The Labute approximate surface area is 194 Å². The summed E-state index contributed by atoms with van der Waals surface area (Å²) in [5, 5.41) is 20.6. The topological polar surface area (TPSA) is 277 Å². The zero-order valence-electron chi connectivity index (χ0n) is 17.7. The molecule has 1 aliphatic heterocycles. The number of nitrogens with zero attached hydrogens (tertiary/aromatic N) is 2. The lowest BCUT2D eigenvalue weighted by molar-refractivity contribution is -0.0227. The lowest BCUT2D eigenvalue weighted by Crippen LogP contribution is -2.34. The lowest BCUT2D eigenvalue weighted by atomic mass is 10.0. The first-order valence-electron chi connectivity index (χ1n) is 9.33. The van der Waals surface area contributed by atoms with E-state index in [1.54, 1.807) is 6.92 Å². The molecule has 3 unspecified atom stereocenters. The van der Waals surface area contributed by atoms with Gasteiger partial charge in [-0.1, -0.05) is 0 Å². The smallest absolute Gasteiger partial charge is 0.387 e. The van der Waals surface area contributed by atoms with E-state index in [2.05, 4.69) is 23.1 Å². The van der Waals surface area contributed by atoms with Crippen LogP contribution in [0.5, 0.6) is 0 Å². The number of hydrogen-bond acceptors (Lipinski definition) is 12. The summed E-state index contributed by atoms with van der Waals surface area (Å²) in [6, 6.07) is 0. The van der Waals surface area contributed by atoms with Crippen molar-refractivity contribution in [3.05, 3.63) is 43.7 Å². The van der Waals surface area contributed by atoms with Crippen molar-refractivity contribution in [2.24, 2.45) is 0 Å². The van der Waals surface area contributed by atoms with Crippen LogP contribution in [0.4, 0.5) is 0 Å². The van der Waals surface area contributed by atoms with Crippen LogP contribution in [0.15, 0.2) is 15.8 Å². The summed E-state index contributed by atoms with van der Waals surface area (Å²) in [5.41, 5.74) is -0.912. The number of fused-ring (bicyclic) bond motifs is 1. The maximum absolute atomic E-state index is 12.5. The fourth-order valence-corrected chi connectivity index (χ4v) is 6.19. The first-order valence-corrected chi connectivity index (χ1v) is 13.9. The number of rotatable bonds is 8. The molecule has 0 amide bonds. The van der Waals surface area contributed by atoms with Crippen LogP contribution < -0.4 is 11.1 Å². The molecule has 7 N–H and O–H groups in total. The number of aryl methyl sites for hydroxylation is 1. The summed E-state index contributed by atoms with van der Waals surface area (Å²) in [6.45, 7) is 2.04. The van der Waals surface area contributed by atoms with Crippen molar-refractivity contribution in [2.75, 3.05) is 6.61 Å². The first-order chi connectivity index (χ1) is 15.9. The molecular formula is C14H20N3O15P3. The minimum atomic E-state index is -5.76. The monoisotopic (exact) mass is 563 g/mol.